The van der Waals surface area contributed by atoms with Gasteiger partial charge in [0.05, 0.1) is 11.7 Å². The zero-order valence-corrected chi connectivity index (χ0v) is 11.7. The van der Waals surface area contributed by atoms with E-state index >= 15 is 0 Å². The standard InChI is InChI=1S/C16H17N5/c1-10-6-8-20-16(17)13(10)15(21-18)14-12-5-3-2-4-11(12)7-9-19-14/h2-9,15,21H,18H2,1H3,(H2,17,20). The van der Waals surface area contributed by atoms with Crippen molar-refractivity contribution in [1.29, 1.82) is 0 Å². The van der Waals surface area contributed by atoms with Crippen LogP contribution < -0.4 is 17.0 Å². The van der Waals surface area contributed by atoms with E-state index in [0.29, 0.717) is 5.82 Å². The van der Waals surface area contributed by atoms with Gasteiger partial charge in [0, 0.05) is 23.3 Å². The topological polar surface area (TPSA) is 89.8 Å². The van der Waals surface area contributed by atoms with E-state index in [2.05, 4.69) is 15.4 Å². The van der Waals surface area contributed by atoms with E-state index in [-0.39, 0.29) is 6.04 Å². The van der Waals surface area contributed by atoms with Crippen molar-refractivity contribution in [1.82, 2.24) is 15.4 Å². The molecule has 3 rings (SSSR count). The number of pyridine rings is 2. The molecule has 0 saturated carbocycles. The number of hydrogen-bond acceptors (Lipinski definition) is 5. The van der Waals surface area contributed by atoms with Gasteiger partial charge in [0.2, 0.25) is 0 Å². The highest BCUT2D eigenvalue weighted by Gasteiger charge is 2.21. The monoisotopic (exact) mass is 279 g/mol. The lowest BCUT2D eigenvalue weighted by atomic mass is 9.96. The molecule has 0 spiro atoms. The number of benzene rings is 1. The molecular formula is C16H17N5. The number of hydrogen-bond donors (Lipinski definition) is 3. The molecule has 0 aliphatic rings. The predicted molar refractivity (Wildman–Crippen MR) is 84.3 cm³/mol. The van der Waals surface area contributed by atoms with Gasteiger partial charge in [-0.3, -0.25) is 10.8 Å². The van der Waals surface area contributed by atoms with Crippen molar-refractivity contribution < 1.29 is 0 Å². The maximum atomic E-state index is 6.04. The minimum Gasteiger partial charge on any atom is -0.383 e. The molecule has 106 valence electrons. The third kappa shape index (κ3) is 2.33. The molecule has 0 aliphatic heterocycles. The number of nitrogens with one attached hydrogen (secondary N) is 1. The van der Waals surface area contributed by atoms with E-state index < -0.39 is 0 Å². The van der Waals surface area contributed by atoms with Crippen molar-refractivity contribution in [3.05, 3.63) is 65.6 Å². The van der Waals surface area contributed by atoms with Gasteiger partial charge in [0.1, 0.15) is 5.82 Å². The Morgan fingerprint density at radius 1 is 1.05 bits per heavy atom. The highest BCUT2D eigenvalue weighted by atomic mass is 15.2. The van der Waals surface area contributed by atoms with Crippen LogP contribution in [0, 0.1) is 6.92 Å². The second-order valence-corrected chi connectivity index (χ2v) is 4.94. The van der Waals surface area contributed by atoms with E-state index in [1.807, 2.05) is 43.3 Å². The molecule has 0 radical (unpaired) electrons. The molecule has 1 aromatic carbocycles. The van der Waals surface area contributed by atoms with E-state index in [0.717, 1.165) is 27.6 Å². The lowest BCUT2D eigenvalue weighted by Crippen LogP contribution is -2.31. The van der Waals surface area contributed by atoms with E-state index in [1.54, 1.807) is 12.4 Å². The Morgan fingerprint density at radius 2 is 1.81 bits per heavy atom. The number of nitrogen functional groups attached to an aromatic ring is 1. The third-order valence-corrected chi connectivity index (χ3v) is 3.67. The summed E-state index contributed by atoms with van der Waals surface area (Å²) in [6.45, 7) is 1.99. The highest BCUT2D eigenvalue weighted by Crippen LogP contribution is 2.30. The molecule has 5 heteroatoms. The van der Waals surface area contributed by atoms with Crippen molar-refractivity contribution in [2.24, 2.45) is 5.84 Å². The first-order chi connectivity index (χ1) is 10.2. The van der Waals surface area contributed by atoms with Crippen molar-refractivity contribution in [3.63, 3.8) is 0 Å². The molecule has 0 amide bonds. The zero-order valence-electron chi connectivity index (χ0n) is 11.7. The Labute approximate surface area is 123 Å². The number of aromatic nitrogens is 2. The Kier molecular flexibility index (Phi) is 3.51. The maximum Gasteiger partial charge on any atom is 0.128 e. The van der Waals surface area contributed by atoms with Gasteiger partial charge >= 0.3 is 0 Å². The normalized spacial score (nSPS) is 12.5. The second kappa shape index (κ2) is 5.47. The van der Waals surface area contributed by atoms with Crippen LogP contribution in [0.3, 0.4) is 0 Å². The first-order valence-corrected chi connectivity index (χ1v) is 6.73. The molecule has 1 unspecified atom stereocenters. The predicted octanol–water partition coefficient (Wildman–Crippen LogP) is 2.07. The van der Waals surface area contributed by atoms with Gasteiger partial charge in [-0.1, -0.05) is 24.3 Å². The number of anilines is 1. The van der Waals surface area contributed by atoms with Crippen molar-refractivity contribution in [3.8, 4) is 0 Å². The highest BCUT2D eigenvalue weighted by molar-refractivity contribution is 5.85. The average molecular weight is 279 g/mol. The SMILES string of the molecule is Cc1ccnc(N)c1C(NN)c1nccc2ccccc12. The summed E-state index contributed by atoms with van der Waals surface area (Å²) < 4.78 is 0. The van der Waals surface area contributed by atoms with E-state index in [1.165, 1.54) is 0 Å². The molecule has 0 aliphatic carbocycles. The van der Waals surface area contributed by atoms with Gasteiger partial charge in [0.15, 0.2) is 0 Å². The van der Waals surface area contributed by atoms with Gasteiger partial charge in [-0.05, 0) is 30.0 Å². The van der Waals surface area contributed by atoms with Crippen LogP contribution in [0.1, 0.15) is 22.9 Å². The summed E-state index contributed by atoms with van der Waals surface area (Å²) in [5.41, 5.74) is 11.6. The lowest BCUT2D eigenvalue weighted by Gasteiger charge is -2.20. The number of nitrogens with zero attached hydrogens (tertiary/aromatic N) is 2. The van der Waals surface area contributed by atoms with Gasteiger partial charge in [-0.2, -0.15) is 0 Å². The molecule has 21 heavy (non-hydrogen) atoms. The number of aryl methyl sites for hydroxylation is 1. The van der Waals surface area contributed by atoms with E-state index in [4.69, 9.17) is 11.6 Å². The summed E-state index contributed by atoms with van der Waals surface area (Å²) in [6.07, 6.45) is 3.47. The summed E-state index contributed by atoms with van der Waals surface area (Å²) in [5, 5.41) is 2.16. The molecule has 0 fully saturated rings. The quantitative estimate of drug-likeness (QED) is 0.504. The summed E-state index contributed by atoms with van der Waals surface area (Å²) >= 11 is 0. The fourth-order valence-electron chi connectivity index (χ4n) is 2.64. The van der Waals surface area contributed by atoms with Crippen LogP contribution in [0.25, 0.3) is 10.8 Å². The van der Waals surface area contributed by atoms with Gasteiger partial charge < -0.3 is 5.73 Å². The first-order valence-electron chi connectivity index (χ1n) is 6.73. The largest absolute Gasteiger partial charge is 0.383 e. The summed E-state index contributed by atoms with van der Waals surface area (Å²) in [6, 6.07) is 11.7. The molecule has 0 bridgehead atoms. The van der Waals surface area contributed by atoms with Crippen LogP contribution in [-0.2, 0) is 0 Å². The molecule has 2 heterocycles. The average Bonchev–Trinajstić information content (AvgIpc) is 2.51. The molecule has 5 nitrogen and oxygen atoms in total. The number of nitrogens with two attached hydrogens (primary N) is 2. The lowest BCUT2D eigenvalue weighted by molar-refractivity contribution is 0.622. The Hall–Kier alpha value is -2.50. The van der Waals surface area contributed by atoms with E-state index in [9.17, 15) is 0 Å². The minimum absolute atomic E-state index is 0.301. The number of rotatable bonds is 3. The van der Waals surface area contributed by atoms with Crippen molar-refractivity contribution in [2.45, 2.75) is 13.0 Å². The maximum absolute atomic E-state index is 6.04. The Bertz CT molecular complexity index is 759. The number of hydrazine groups is 1. The van der Waals surface area contributed by atoms with Crippen LogP contribution in [-0.4, -0.2) is 9.97 Å². The Balaban J connectivity index is 2.24. The van der Waals surface area contributed by atoms with Gasteiger partial charge in [0.25, 0.3) is 0 Å². The Morgan fingerprint density at radius 3 is 2.57 bits per heavy atom. The first kappa shape index (κ1) is 13.5. The van der Waals surface area contributed by atoms with Crippen LogP contribution in [0.4, 0.5) is 5.82 Å². The summed E-state index contributed by atoms with van der Waals surface area (Å²) in [5.74, 6) is 6.26. The molecule has 1 atom stereocenters. The van der Waals surface area contributed by atoms with Gasteiger partial charge in [-0.25, -0.2) is 10.4 Å². The summed E-state index contributed by atoms with van der Waals surface area (Å²) in [7, 11) is 0. The third-order valence-electron chi connectivity index (χ3n) is 3.67. The molecule has 3 aromatic rings. The van der Waals surface area contributed by atoms with Crippen molar-refractivity contribution >= 4 is 16.6 Å². The molecule has 5 N–H and O–H groups in total. The molecular weight excluding hydrogens is 262 g/mol. The second-order valence-electron chi connectivity index (χ2n) is 4.94. The fourth-order valence-corrected chi connectivity index (χ4v) is 2.64. The summed E-state index contributed by atoms with van der Waals surface area (Å²) in [4.78, 5) is 8.68. The van der Waals surface area contributed by atoms with Gasteiger partial charge in [-0.15, -0.1) is 0 Å². The smallest absolute Gasteiger partial charge is 0.128 e. The van der Waals surface area contributed by atoms with Crippen LogP contribution in [0.5, 0.6) is 0 Å². The van der Waals surface area contributed by atoms with Crippen LogP contribution >= 0.6 is 0 Å². The zero-order chi connectivity index (χ0) is 14.8. The van der Waals surface area contributed by atoms with Crippen LogP contribution in [0.15, 0.2) is 48.8 Å². The fraction of sp³-hybridized carbons (Fsp3) is 0.125. The number of fused-ring (bicyclic) bond motifs is 1. The minimum atomic E-state index is -0.301. The van der Waals surface area contributed by atoms with Crippen molar-refractivity contribution in [2.75, 3.05) is 5.73 Å². The van der Waals surface area contributed by atoms with Crippen LogP contribution in [0.2, 0.25) is 0 Å². The molecule has 2 aromatic heterocycles. The molecule has 0 saturated heterocycles.